The molecule has 0 saturated carbocycles. The Labute approximate surface area is 711 Å². The van der Waals surface area contributed by atoms with Crippen LogP contribution in [0.15, 0.2) is 446 Å². The minimum atomic E-state index is 0.830. The highest BCUT2D eigenvalue weighted by Gasteiger charge is 2.25. The van der Waals surface area contributed by atoms with Gasteiger partial charge in [-0.25, -0.2) is 0 Å². The molecule has 0 aliphatic heterocycles. The number of rotatable bonds is 13. The summed E-state index contributed by atoms with van der Waals surface area (Å²) in [6.45, 7) is 0. The Kier molecular flexibility index (Phi) is 15.3. The van der Waals surface area contributed by atoms with Crippen molar-refractivity contribution in [2.24, 2.45) is 0 Å². The molecule has 6 aromatic heterocycles. The van der Waals surface area contributed by atoms with Crippen molar-refractivity contribution in [3.8, 4) is 56.1 Å². The number of anilines is 6. The maximum atomic E-state index is 6.88. The smallest absolute Gasteiger partial charge is 0.136 e. The molecule has 0 fully saturated rings. The maximum Gasteiger partial charge on any atom is 0.136 e. The van der Waals surface area contributed by atoms with Crippen LogP contribution in [0.2, 0.25) is 0 Å². The molecule has 8 nitrogen and oxygen atoms in total. The Morgan fingerprint density at radius 3 is 1.09 bits per heavy atom. The topological polar surface area (TPSA) is 52.5 Å². The lowest BCUT2D eigenvalue weighted by atomic mass is 9.95. The number of benzene rings is 20. The summed E-state index contributed by atoms with van der Waals surface area (Å²) in [4.78, 5) is 4.80. The van der Waals surface area contributed by atoms with Crippen LogP contribution in [0.25, 0.3) is 209 Å². The van der Waals surface area contributed by atoms with Crippen LogP contribution in [0.4, 0.5) is 34.1 Å². The highest BCUT2D eigenvalue weighted by atomic mass is 16.3. The summed E-state index contributed by atoms with van der Waals surface area (Å²) in [6, 6.07) is 160. The minimum Gasteiger partial charge on any atom is -0.456 e. The third-order valence-electron chi connectivity index (χ3n) is 25.9. The zero-order valence-corrected chi connectivity index (χ0v) is 67.1. The van der Waals surface area contributed by atoms with Gasteiger partial charge in [0.05, 0.1) is 49.8 Å². The summed E-state index contributed by atoms with van der Waals surface area (Å²) in [5, 5.41) is 18.7. The molecule has 0 atom stereocenters. The summed E-state index contributed by atoms with van der Waals surface area (Å²) in [5.74, 6) is 0. The van der Waals surface area contributed by atoms with Gasteiger partial charge in [-0.2, -0.15) is 0 Å². The fourth-order valence-electron chi connectivity index (χ4n) is 20.2. The van der Waals surface area contributed by atoms with Gasteiger partial charge in [0.15, 0.2) is 0 Å². The third kappa shape index (κ3) is 10.8. The molecule has 0 unspecified atom stereocenters. The Morgan fingerprint density at radius 2 is 0.508 bits per heavy atom. The second-order valence-corrected chi connectivity index (χ2v) is 32.7. The first-order valence-corrected chi connectivity index (χ1v) is 42.4. The molecular formula is C116H72N6O2. The van der Waals surface area contributed by atoms with Crippen molar-refractivity contribution < 1.29 is 8.83 Å². The first kappa shape index (κ1) is 69.3. The maximum absolute atomic E-state index is 6.88. The molecule has 8 heteroatoms. The first-order chi connectivity index (χ1) is 61.5. The molecule has 578 valence electrons. The van der Waals surface area contributed by atoms with Crippen LogP contribution in [0.1, 0.15) is 0 Å². The molecule has 0 aliphatic rings. The molecule has 0 spiro atoms. The van der Waals surface area contributed by atoms with E-state index in [1.165, 1.54) is 76.2 Å². The number of furan rings is 2. The fourth-order valence-corrected chi connectivity index (χ4v) is 20.2. The molecule has 0 bridgehead atoms. The average Bonchev–Trinajstić information content (AvgIpc) is 1.54. The number of hydrogen-bond donors (Lipinski definition) is 0. The molecule has 124 heavy (non-hydrogen) atoms. The lowest BCUT2D eigenvalue weighted by Crippen LogP contribution is -2.11. The van der Waals surface area contributed by atoms with Crippen molar-refractivity contribution in [2.45, 2.75) is 0 Å². The van der Waals surface area contributed by atoms with Gasteiger partial charge in [-0.1, -0.05) is 231 Å². The summed E-state index contributed by atoms with van der Waals surface area (Å²) in [7, 11) is 0. The molecule has 0 aliphatic carbocycles. The van der Waals surface area contributed by atoms with E-state index in [2.05, 4.69) is 459 Å². The predicted molar refractivity (Wildman–Crippen MR) is 519 cm³/mol. The van der Waals surface area contributed by atoms with Gasteiger partial charge >= 0.3 is 0 Å². The van der Waals surface area contributed by atoms with Crippen LogP contribution in [0.3, 0.4) is 0 Å². The zero-order chi connectivity index (χ0) is 81.2. The molecule has 0 N–H and O–H groups in total. The van der Waals surface area contributed by atoms with E-state index < -0.39 is 0 Å². The molecule has 26 rings (SSSR count). The molecular weight excluding hydrogens is 1510 g/mol. The number of para-hydroxylation sites is 8. The number of hydrogen-bond acceptors (Lipinski definition) is 4. The number of fused-ring (bicyclic) bond motifs is 20. The average molecular weight is 1580 g/mol. The molecule has 20 aromatic carbocycles. The third-order valence-corrected chi connectivity index (χ3v) is 25.9. The van der Waals surface area contributed by atoms with Crippen molar-refractivity contribution in [3.63, 3.8) is 0 Å². The standard InChI is InChI=1S/C116H72N6O2/c1-2-20-80(21-3-1)119-108-35-17-10-28-96(108)100-68-77(45-61-111(100)119)73-38-47-81(48-39-73)117(85-51-42-76-67-86(52-43-75(76)66-85)122-106-33-15-8-26-94(106)95-27-9-16-34-107(95)122)87-57-64-115-103(71-87)99-59-44-78(70-116(99)124-115)74-40-49-83(50-41-74)121-109-36-18-11-29-97(109)101-69-79(46-62-112(101)121)89-60-63-110(91-23-5-4-22-90(89)91)118(88-58-65-114-102(72-88)98-30-12-19-37-113(98)123-114)82-53-55-84(56-54-82)120-104-31-13-6-24-92(104)93-25-7-14-32-105(93)120/h1-72H. The van der Waals surface area contributed by atoms with E-state index in [4.69, 9.17) is 8.83 Å². The largest absolute Gasteiger partial charge is 0.456 e. The summed E-state index contributed by atoms with van der Waals surface area (Å²) in [6.07, 6.45) is 0. The predicted octanol–water partition coefficient (Wildman–Crippen LogP) is 32.1. The Morgan fingerprint density at radius 1 is 0.161 bits per heavy atom. The van der Waals surface area contributed by atoms with Gasteiger partial charge in [0.25, 0.3) is 0 Å². The highest BCUT2D eigenvalue weighted by molar-refractivity contribution is 6.17. The lowest BCUT2D eigenvalue weighted by Gasteiger charge is -2.28. The van der Waals surface area contributed by atoms with Gasteiger partial charge in [-0.05, 0) is 256 Å². The van der Waals surface area contributed by atoms with Crippen LogP contribution in [0, 0.1) is 0 Å². The lowest BCUT2D eigenvalue weighted by molar-refractivity contribution is 0.668. The van der Waals surface area contributed by atoms with Crippen LogP contribution >= 0.6 is 0 Å². The van der Waals surface area contributed by atoms with E-state index in [0.29, 0.717) is 0 Å². The summed E-state index contributed by atoms with van der Waals surface area (Å²) < 4.78 is 22.9. The van der Waals surface area contributed by atoms with Gasteiger partial charge < -0.3 is 36.9 Å². The Hall–Kier alpha value is -16.7. The van der Waals surface area contributed by atoms with Gasteiger partial charge in [-0.15, -0.1) is 0 Å². The van der Waals surface area contributed by atoms with E-state index in [1.54, 1.807) is 0 Å². The van der Waals surface area contributed by atoms with Gasteiger partial charge in [0.2, 0.25) is 0 Å². The fraction of sp³-hybridized carbons (Fsp3) is 0. The van der Waals surface area contributed by atoms with Crippen molar-refractivity contribution in [2.75, 3.05) is 9.80 Å². The van der Waals surface area contributed by atoms with E-state index in [0.717, 1.165) is 167 Å². The summed E-state index contributed by atoms with van der Waals surface area (Å²) in [5.41, 5.74) is 30.3. The first-order valence-electron chi connectivity index (χ1n) is 42.4. The minimum absolute atomic E-state index is 0.830. The molecule has 0 amide bonds. The van der Waals surface area contributed by atoms with Crippen molar-refractivity contribution in [1.29, 1.82) is 0 Å². The SMILES string of the molecule is c1ccc(-n2c3ccccc3c3cc(-c4ccc(N(c5ccc6cc(-n7c8ccccc8c8ccccc87)ccc6c5)c5ccc6oc7cc(-c8ccc(-n9c%10ccccc%10c%10cc(-c%11ccc(N(c%12ccc(-n%13c%14ccccc%14c%14ccccc%14%13)cc%12)c%12ccc%13oc%14ccccc%14c%13c%12)c%12ccccc%11%12)ccc%109)cc8)ccc7c6c5)cc4)ccc32)cc1. The van der Waals surface area contributed by atoms with E-state index in [1.807, 2.05) is 6.07 Å². The van der Waals surface area contributed by atoms with Crippen LogP contribution < -0.4 is 9.80 Å². The van der Waals surface area contributed by atoms with Crippen LogP contribution in [-0.2, 0) is 0 Å². The Balaban J connectivity index is 0.534. The second kappa shape index (κ2) is 27.4. The van der Waals surface area contributed by atoms with E-state index in [-0.39, 0.29) is 0 Å². The number of nitrogens with zero attached hydrogens (tertiary/aromatic N) is 6. The second-order valence-electron chi connectivity index (χ2n) is 32.7. The monoisotopic (exact) mass is 1580 g/mol. The van der Waals surface area contributed by atoms with Crippen molar-refractivity contribution in [3.05, 3.63) is 437 Å². The van der Waals surface area contributed by atoms with Crippen LogP contribution in [-0.4, -0.2) is 18.3 Å². The molecule has 0 saturated heterocycles. The highest BCUT2D eigenvalue weighted by Crippen LogP contribution is 2.49. The van der Waals surface area contributed by atoms with E-state index in [9.17, 15) is 0 Å². The molecule has 6 heterocycles. The molecule has 0 radical (unpaired) electrons. The quantitative estimate of drug-likeness (QED) is 0.115. The normalized spacial score (nSPS) is 12.0. The zero-order valence-electron chi connectivity index (χ0n) is 67.1. The van der Waals surface area contributed by atoms with Gasteiger partial charge in [-0.3, -0.25) is 0 Å². The van der Waals surface area contributed by atoms with Gasteiger partial charge in [0, 0.05) is 121 Å². The number of aromatic nitrogens is 4. The Bertz CT molecular complexity index is 8780. The molecule has 26 aromatic rings. The summed E-state index contributed by atoms with van der Waals surface area (Å²) >= 11 is 0. The van der Waals surface area contributed by atoms with Gasteiger partial charge in [0.1, 0.15) is 22.3 Å². The van der Waals surface area contributed by atoms with Crippen LogP contribution in [0.5, 0.6) is 0 Å². The van der Waals surface area contributed by atoms with E-state index >= 15 is 0 Å². The van der Waals surface area contributed by atoms with Crippen molar-refractivity contribution >= 4 is 187 Å². The van der Waals surface area contributed by atoms with Crippen molar-refractivity contribution in [1.82, 2.24) is 18.3 Å².